The fourth-order valence-corrected chi connectivity index (χ4v) is 5.39. The van der Waals surface area contributed by atoms with E-state index in [1.807, 2.05) is 0 Å². The van der Waals surface area contributed by atoms with Crippen molar-refractivity contribution < 1.29 is 18.0 Å². The van der Waals surface area contributed by atoms with Crippen LogP contribution in [0.5, 0.6) is 0 Å². The molecule has 2 aromatic rings. The third-order valence-electron chi connectivity index (χ3n) is 4.78. The van der Waals surface area contributed by atoms with Crippen LogP contribution >= 0.6 is 11.6 Å². The zero-order valence-electron chi connectivity index (χ0n) is 15.2. The van der Waals surface area contributed by atoms with E-state index in [1.165, 1.54) is 4.90 Å². The van der Waals surface area contributed by atoms with Gasteiger partial charge in [0.1, 0.15) is 0 Å². The van der Waals surface area contributed by atoms with Gasteiger partial charge in [-0.3, -0.25) is 9.59 Å². The van der Waals surface area contributed by atoms with Crippen LogP contribution in [0.1, 0.15) is 27.6 Å². The first-order valence-electron chi connectivity index (χ1n) is 8.95. The van der Waals surface area contributed by atoms with Crippen molar-refractivity contribution in [2.24, 2.45) is 0 Å². The summed E-state index contributed by atoms with van der Waals surface area (Å²) in [5, 5.41) is 2.26. The maximum Gasteiger partial charge on any atom is 0.251 e. The van der Waals surface area contributed by atoms with Crippen molar-refractivity contribution in [3.8, 4) is 0 Å². The van der Waals surface area contributed by atoms with Crippen LogP contribution in [0, 0.1) is 0 Å². The molecule has 6 nitrogen and oxygen atoms in total. The van der Waals surface area contributed by atoms with E-state index in [9.17, 15) is 18.0 Å². The van der Waals surface area contributed by atoms with Gasteiger partial charge >= 0.3 is 0 Å². The minimum atomic E-state index is -3.44. The highest BCUT2D eigenvalue weighted by Crippen LogP contribution is 2.33. The second-order valence-electron chi connectivity index (χ2n) is 6.60. The predicted molar refractivity (Wildman–Crippen MR) is 108 cm³/mol. The van der Waals surface area contributed by atoms with Crippen molar-refractivity contribution in [2.75, 3.05) is 25.4 Å². The molecule has 0 bridgehead atoms. The van der Waals surface area contributed by atoms with Crippen molar-refractivity contribution >= 4 is 33.3 Å². The number of carbonyl (C=O) groups is 2. The minimum absolute atomic E-state index is 0.101. The van der Waals surface area contributed by atoms with Gasteiger partial charge in [-0.1, -0.05) is 48.0 Å². The van der Waals surface area contributed by atoms with Crippen molar-refractivity contribution in [1.29, 1.82) is 0 Å². The van der Waals surface area contributed by atoms with Gasteiger partial charge in [0.2, 0.25) is 5.91 Å². The van der Waals surface area contributed by atoms with Crippen LogP contribution in [0.4, 0.5) is 0 Å². The number of rotatable bonds is 4. The molecule has 1 fully saturated rings. The predicted octanol–water partition coefficient (Wildman–Crippen LogP) is 2.46. The molecule has 0 radical (unpaired) electrons. The van der Waals surface area contributed by atoms with E-state index >= 15 is 0 Å². The second kappa shape index (κ2) is 8.75. The molecule has 1 atom stereocenters. The molecule has 148 valence electrons. The zero-order chi connectivity index (χ0) is 20.1. The highest BCUT2D eigenvalue weighted by molar-refractivity contribution is 7.91. The SMILES string of the molecule is O=C(NCC(=O)N1CCC(c2ccccc2Cl)S(=O)(=O)CC1)c1ccccc1. The average Bonchev–Trinajstić information content (AvgIpc) is 2.85. The molecule has 1 heterocycles. The number of hydrogen-bond donors (Lipinski definition) is 1. The van der Waals surface area contributed by atoms with Gasteiger partial charge in [0.05, 0.1) is 17.5 Å². The van der Waals surface area contributed by atoms with Crippen molar-refractivity contribution in [3.05, 3.63) is 70.7 Å². The Morgan fingerprint density at radius 3 is 2.43 bits per heavy atom. The van der Waals surface area contributed by atoms with Crippen LogP contribution in [-0.4, -0.2) is 50.5 Å². The van der Waals surface area contributed by atoms with E-state index < -0.39 is 15.1 Å². The summed E-state index contributed by atoms with van der Waals surface area (Å²) >= 11 is 6.19. The summed E-state index contributed by atoms with van der Waals surface area (Å²) < 4.78 is 25.4. The Hall–Kier alpha value is -2.38. The first kappa shape index (κ1) is 20.4. The molecular formula is C20H21ClN2O4S. The molecule has 0 spiro atoms. The third kappa shape index (κ3) is 4.72. The molecule has 1 saturated heterocycles. The van der Waals surface area contributed by atoms with Crippen LogP contribution in [0.15, 0.2) is 54.6 Å². The molecular weight excluding hydrogens is 400 g/mol. The number of halogens is 1. The maximum atomic E-state index is 12.7. The van der Waals surface area contributed by atoms with Crippen molar-refractivity contribution in [2.45, 2.75) is 11.7 Å². The summed E-state index contributed by atoms with van der Waals surface area (Å²) in [7, 11) is -3.44. The lowest BCUT2D eigenvalue weighted by Crippen LogP contribution is -2.41. The number of sulfone groups is 1. The van der Waals surface area contributed by atoms with Gasteiger partial charge in [-0.05, 0) is 30.2 Å². The van der Waals surface area contributed by atoms with Gasteiger partial charge < -0.3 is 10.2 Å². The summed E-state index contributed by atoms with van der Waals surface area (Å²) in [6, 6.07) is 15.5. The lowest BCUT2D eigenvalue weighted by Gasteiger charge is -2.20. The molecule has 28 heavy (non-hydrogen) atoms. The topological polar surface area (TPSA) is 83.6 Å². The number of carbonyl (C=O) groups excluding carboxylic acids is 2. The molecule has 8 heteroatoms. The van der Waals surface area contributed by atoms with Gasteiger partial charge in [-0.25, -0.2) is 8.42 Å². The molecule has 0 aromatic heterocycles. The Kier molecular flexibility index (Phi) is 6.36. The first-order valence-corrected chi connectivity index (χ1v) is 11.0. The molecule has 1 unspecified atom stereocenters. The van der Waals surface area contributed by atoms with E-state index in [-0.39, 0.29) is 43.6 Å². The van der Waals surface area contributed by atoms with E-state index in [4.69, 9.17) is 11.6 Å². The Labute approximate surface area is 169 Å². The van der Waals surface area contributed by atoms with Crippen LogP contribution in [-0.2, 0) is 14.6 Å². The minimum Gasteiger partial charge on any atom is -0.343 e. The number of hydrogen-bond acceptors (Lipinski definition) is 4. The maximum absolute atomic E-state index is 12.7. The Morgan fingerprint density at radius 2 is 1.71 bits per heavy atom. The summed E-state index contributed by atoms with van der Waals surface area (Å²) in [4.78, 5) is 26.1. The standard InChI is InChI=1S/C20H21ClN2O4S/c21-17-9-5-4-8-16(17)18-10-11-23(12-13-28(18,26)27)19(24)14-22-20(25)15-6-2-1-3-7-15/h1-9,18H,10-14H2,(H,22,25). The summed E-state index contributed by atoms with van der Waals surface area (Å²) in [6.07, 6.45) is 0.268. The molecule has 2 aromatic carbocycles. The largest absolute Gasteiger partial charge is 0.343 e. The van der Waals surface area contributed by atoms with E-state index in [0.717, 1.165) is 0 Å². The Morgan fingerprint density at radius 1 is 1.04 bits per heavy atom. The van der Waals surface area contributed by atoms with Crippen LogP contribution in [0.2, 0.25) is 5.02 Å². The lowest BCUT2D eigenvalue weighted by molar-refractivity contribution is -0.129. The number of benzene rings is 2. The zero-order valence-corrected chi connectivity index (χ0v) is 16.7. The third-order valence-corrected chi connectivity index (χ3v) is 7.23. The second-order valence-corrected chi connectivity index (χ2v) is 9.31. The summed E-state index contributed by atoms with van der Waals surface area (Å²) in [5.74, 6) is -0.786. The lowest BCUT2D eigenvalue weighted by atomic mass is 10.1. The monoisotopic (exact) mass is 420 g/mol. The summed E-state index contributed by atoms with van der Waals surface area (Å²) in [6.45, 7) is 0.211. The van der Waals surface area contributed by atoms with Gasteiger partial charge in [0.15, 0.2) is 9.84 Å². The molecule has 2 amide bonds. The van der Waals surface area contributed by atoms with Crippen LogP contribution < -0.4 is 5.32 Å². The molecule has 1 N–H and O–H groups in total. The van der Waals surface area contributed by atoms with Gasteiger partial charge in [0.25, 0.3) is 5.91 Å². The van der Waals surface area contributed by atoms with E-state index in [2.05, 4.69) is 5.32 Å². The normalized spacial score (nSPS) is 18.9. The first-order chi connectivity index (χ1) is 13.4. The van der Waals surface area contributed by atoms with Gasteiger partial charge in [-0.15, -0.1) is 0 Å². The molecule has 1 aliphatic heterocycles. The van der Waals surface area contributed by atoms with Gasteiger partial charge in [-0.2, -0.15) is 0 Å². The fraction of sp³-hybridized carbons (Fsp3) is 0.300. The van der Waals surface area contributed by atoms with Crippen LogP contribution in [0.3, 0.4) is 0 Å². The van der Waals surface area contributed by atoms with E-state index in [0.29, 0.717) is 16.1 Å². The quantitative estimate of drug-likeness (QED) is 0.823. The summed E-state index contributed by atoms with van der Waals surface area (Å²) in [5.41, 5.74) is 1.03. The van der Waals surface area contributed by atoms with E-state index in [1.54, 1.807) is 54.6 Å². The molecule has 0 saturated carbocycles. The average molecular weight is 421 g/mol. The number of nitrogens with one attached hydrogen (secondary N) is 1. The molecule has 1 aliphatic rings. The van der Waals surface area contributed by atoms with Crippen LogP contribution in [0.25, 0.3) is 0 Å². The fourth-order valence-electron chi connectivity index (χ4n) is 3.24. The molecule has 0 aliphatic carbocycles. The Bertz CT molecular complexity index is 963. The smallest absolute Gasteiger partial charge is 0.251 e. The van der Waals surface area contributed by atoms with Gasteiger partial charge in [0, 0.05) is 23.7 Å². The Balaban J connectivity index is 1.64. The number of nitrogens with zero attached hydrogens (tertiary/aromatic N) is 1. The molecule has 3 rings (SSSR count). The highest BCUT2D eigenvalue weighted by Gasteiger charge is 2.33. The number of amides is 2. The highest BCUT2D eigenvalue weighted by atomic mass is 35.5. The van der Waals surface area contributed by atoms with Crippen molar-refractivity contribution in [3.63, 3.8) is 0 Å². The van der Waals surface area contributed by atoms with Crippen molar-refractivity contribution in [1.82, 2.24) is 10.2 Å².